The van der Waals surface area contributed by atoms with E-state index in [-0.39, 0.29) is 36.9 Å². The Morgan fingerprint density at radius 2 is 1.78 bits per heavy atom. The number of hydrogen-bond acceptors (Lipinski definition) is 4. The lowest BCUT2D eigenvalue weighted by Crippen LogP contribution is -2.61. The van der Waals surface area contributed by atoms with Crippen LogP contribution in [0.5, 0.6) is 0 Å². The molecule has 0 spiro atoms. The van der Waals surface area contributed by atoms with E-state index in [0.29, 0.717) is 17.7 Å². The summed E-state index contributed by atoms with van der Waals surface area (Å²) >= 11 is 0. The summed E-state index contributed by atoms with van der Waals surface area (Å²) in [5.41, 5.74) is -0.593. The van der Waals surface area contributed by atoms with Gasteiger partial charge in [0.2, 0.25) is 11.8 Å². The van der Waals surface area contributed by atoms with Crippen molar-refractivity contribution in [2.75, 3.05) is 6.54 Å². The van der Waals surface area contributed by atoms with Crippen molar-refractivity contribution in [1.82, 2.24) is 15.5 Å². The molecule has 32 heavy (non-hydrogen) atoms. The van der Waals surface area contributed by atoms with Gasteiger partial charge in [0.25, 0.3) is 5.91 Å². The van der Waals surface area contributed by atoms with E-state index in [2.05, 4.69) is 10.6 Å². The minimum absolute atomic E-state index is 0.139. The Kier molecular flexibility index (Phi) is 8.09. The van der Waals surface area contributed by atoms with E-state index in [1.54, 1.807) is 49.6 Å². The van der Waals surface area contributed by atoms with E-state index < -0.39 is 5.54 Å². The topological polar surface area (TPSA) is 91.7 Å². The Morgan fingerprint density at radius 1 is 1.06 bits per heavy atom. The molecule has 0 bridgehead atoms. The standard InChI is InChI=1S/C25H33N3O4/c1-3-25(2,24(31)27-20-13-8-5-9-14-20)28(18-21-15-10-16-32-21)22(29)17-26-23(30)19-11-6-4-7-12-19/h4,6-7,10-12,15-16,20H,3,5,8-9,13-14,17-18H2,1-2H3,(H,26,30)(H,27,31)/t25-/m1/s1. The minimum atomic E-state index is -1.07. The normalized spacial score (nSPS) is 16.1. The smallest absolute Gasteiger partial charge is 0.251 e. The molecule has 1 aromatic carbocycles. The number of hydrogen-bond donors (Lipinski definition) is 2. The summed E-state index contributed by atoms with van der Waals surface area (Å²) in [5.74, 6) is -0.255. The van der Waals surface area contributed by atoms with Gasteiger partial charge in [-0.2, -0.15) is 0 Å². The van der Waals surface area contributed by atoms with Crippen LogP contribution in [0.25, 0.3) is 0 Å². The third kappa shape index (κ3) is 5.78. The van der Waals surface area contributed by atoms with Crippen molar-refractivity contribution in [2.45, 2.75) is 70.5 Å². The Bertz CT molecular complexity index is 891. The third-order valence-electron chi connectivity index (χ3n) is 6.34. The van der Waals surface area contributed by atoms with Gasteiger partial charge in [0.1, 0.15) is 11.3 Å². The molecule has 0 saturated heterocycles. The second-order valence-electron chi connectivity index (χ2n) is 8.54. The lowest BCUT2D eigenvalue weighted by Gasteiger charge is -2.40. The summed E-state index contributed by atoms with van der Waals surface area (Å²) in [5, 5.41) is 5.85. The molecule has 3 rings (SSSR count). The number of furan rings is 1. The SMILES string of the molecule is CC[C@](C)(C(=O)NC1CCCCC1)N(Cc1ccco1)C(=O)CNC(=O)c1ccccc1. The molecule has 0 radical (unpaired) electrons. The maximum Gasteiger partial charge on any atom is 0.251 e. The van der Waals surface area contributed by atoms with Crippen molar-refractivity contribution in [2.24, 2.45) is 0 Å². The van der Waals surface area contributed by atoms with Gasteiger partial charge in [0.15, 0.2) is 0 Å². The second-order valence-corrected chi connectivity index (χ2v) is 8.54. The average molecular weight is 440 g/mol. The van der Waals surface area contributed by atoms with Crippen LogP contribution in [0, 0.1) is 0 Å². The van der Waals surface area contributed by atoms with Crippen molar-refractivity contribution < 1.29 is 18.8 Å². The molecule has 7 nitrogen and oxygen atoms in total. The zero-order valence-corrected chi connectivity index (χ0v) is 18.9. The predicted molar refractivity (Wildman–Crippen MR) is 122 cm³/mol. The highest BCUT2D eigenvalue weighted by atomic mass is 16.3. The van der Waals surface area contributed by atoms with Crippen molar-refractivity contribution in [1.29, 1.82) is 0 Å². The number of amides is 3. The molecule has 1 aliphatic rings. The Morgan fingerprint density at radius 3 is 2.41 bits per heavy atom. The Hall–Kier alpha value is -3.09. The van der Waals surface area contributed by atoms with Gasteiger partial charge in [0, 0.05) is 11.6 Å². The van der Waals surface area contributed by atoms with E-state index in [4.69, 9.17) is 4.42 Å². The van der Waals surface area contributed by atoms with Crippen LogP contribution in [0.3, 0.4) is 0 Å². The molecule has 1 aliphatic carbocycles. The first kappa shape index (κ1) is 23.6. The fourth-order valence-corrected chi connectivity index (χ4v) is 4.10. The van der Waals surface area contributed by atoms with Crippen LogP contribution < -0.4 is 10.6 Å². The first-order valence-electron chi connectivity index (χ1n) is 11.4. The highest BCUT2D eigenvalue weighted by Crippen LogP contribution is 2.25. The fourth-order valence-electron chi connectivity index (χ4n) is 4.10. The van der Waals surface area contributed by atoms with Gasteiger partial charge >= 0.3 is 0 Å². The molecule has 0 unspecified atom stereocenters. The molecular formula is C25H33N3O4. The maximum atomic E-state index is 13.4. The van der Waals surface area contributed by atoms with Crippen LogP contribution in [0.4, 0.5) is 0 Å². The highest BCUT2D eigenvalue weighted by Gasteiger charge is 2.41. The molecule has 0 aliphatic heterocycles. The molecule has 1 fully saturated rings. The van der Waals surface area contributed by atoms with Crippen LogP contribution in [-0.4, -0.2) is 40.7 Å². The number of carbonyl (C=O) groups is 3. The van der Waals surface area contributed by atoms with Gasteiger partial charge in [-0.05, 0) is 50.5 Å². The third-order valence-corrected chi connectivity index (χ3v) is 6.34. The molecule has 1 saturated carbocycles. The Labute approximate surface area is 189 Å². The number of rotatable bonds is 9. The summed E-state index contributed by atoms with van der Waals surface area (Å²) in [4.78, 5) is 40.6. The summed E-state index contributed by atoms with van der Waals surface area (Å²) < 4.78 is 5.47. The summed E-state index contributed by atoms with van der Waals surface area (Å²) in [6, 6.07) is 12.4. The minimum Gasteiger partial charge on any atom is -0.467 e. The summed E-state index contributed by atoms with van der Waals surface area (Å²) in [6.07, 6.45) is 7.31. The molecule has 2 N–H and O–H groups in total. The first-order valence-corrected chi connectivity index (χ1v) is 11.4. The molecule has 172 valence electrons. The monoisotopic (exact) mass is 439 g/mol. The van der Waals surface area contributed by atoms with Crippen LogP contribution in [0.15, 0.2) is 53.1 Å². The molecule has 1 atom stereocenters. The fraction of sp³-hybridized carbons (Fsp3) is 0.480. The van der Waals surface area contributed by atoms with Gasteiger partial charge in [-0.25, -0.2) is 0 Å². The van der Waals surface area contributed by atoms with Crippen LogP contribution in [0.1, 0.15) is 68.5 Å². The predicted octanol–water partition coefficient (Wildman–Crippen LogP) is 3.66. The average Bonchev–Trinajstić information content (AvgIpc) is 3.35. The maximum absolute atomic E-state index is 13.4. The first-order chi connectivity index (χ1) is 15.4. The largest absolute Gasteiger partial charge is 0.467 e. The Balaban J connectivity index is 1.75. The number of carbonyl (C=O) groups excluding carboxylic acids is 3. The molecule has 2 aromatic rings. The molecule has 7 heteroatoms. The van der Waals surface area contributed by atoms with Crippen molar-refractivity contribution in [3.8, 4) is 0 Å². The van der Waals surface area contributed by atoms with Gasteiger partial charge < -0.3 is 20.0 Å². The van der Waals surface area contributed by atoms with E-state index in [1.807, 2.05) is 13.0 Å². The lowest BCUT2D eigenvalue weighted by molar-refractivity contribution is -0.148. The lowest BCUT2D eigenvalue weighted by atomic mass is 9.91. The van der Waals surface area contributed by atoms with Gasteiger partial charge in [-0.3, -0.25) is 14.4 Å². The number of nitrogens with zero attached hydrogens (tertiary/aromatic N) is 1. The molecule has 1 heterocycles. The summed E-state index contributed by atoms with van der Waals surface area (Å²) in [6.45, 7) is 3.62. The highest BCUT2D eigenvalue weighted by molar-refractivity contribution is 5.97. The van der Waals surface area contributed by atoms with Crippen LogP contribution >= 0.6 is 0 Å². The van der Waals surface area contributed by atoms with Crippen molar-refractivity contribution in [3.05, 3.63) is 60.1 Å². The van der Waals surface area contributed by atoms with E-state index in [9.17, 15) is 14.4 Å². The van der Waals surface area contributed by atoms with Gasteiger partial charge in [0.05, 0.1) is 19.4 Å². The molecule has 3 amide bonds. The van der Waals surface area contributed by atoms with E-state index >= 15 is 0 Å². The second kappa shape index (κ2) is 11.0. The van der Waals surface area contributed by atoms with Gasteiger partial charge in [-0.1, -0.05) is 44.4 Å². The van der Waals surface area contributed by atoms with Crippen LogP contribution in [-0.2, 0) is 16.1 Å². The molecular weight excluding hydrogens is 406 g/mol. The number of benzene rings is 1. The quantitative estimate of drug-likeness (QED) is 0.624. The van der Waals surface area contributed by atoms with Crippen molar-refractivity contribution in [3.63, 3.8) is 0 Å². The zero-order valence-electron chi connectivity index (χ0n) is 18.9. The van der Waals surface area contributed by atoms with E-state index in [0.717, 1.165) is 25.7 Å². The van der Waals surface area contributed by atoms with E-state index in [1.165, 1.54) is 11.3 Å². The van der Waals surface area contributed by atoms with Crippen molar-refractivity contribution >= 4 is 17.7 Å². The summed E-state index contributed by atoms with van der Waals surface area (Å²) in [7, 11) is 0. The van der Waals surface area contributed by atoms with Crippen LogP contribution in [0.2, 0.25) is 0 Å². The van der Waals surface area contributed by atoms with Gasteiger partial charge in [-0.15, -0.1) is 0 Å². The number of nitrogens with one attached hydrogen (secondary N) is 2. The zero-order chi connectivity index (χ0) is 23.0. The molecule has 1 aromatic heterocycles.